The molecule has 1 fully saturated rings. The number of thioether (sulfide) groups is 1. The number of likely N-dealkylation sites (N-methyl/N-ethyl adjacent to an activating group) is 1. The van der Waals surface area contributed by atoms with Crippen LogP contribution in [0, 0.1) is 5.92 Å². The summed E-state index contributed by atoms with van der Waals surface area (Å²) < 4.78 is 0. The van der Waals surface area contributed by atoms with Gasteiger partial charge in [-0.05, 0) is 31.9 Å². The van der Waals surface area contributed by atoms with E-state index in [1.807, 2.05) is 0 Å². The quantitative estimate of drug-likeness (QED) is 0.566. The number of nitrogens with zero attached hydrogens (tertiary/aromatic N) is 2. The molecule has 1 aliphatic carbocycles. The predicted octanol–water partition coefficient (Wildman–Crippen LogP) is 0.422. The van der Waals surface area contributed by atoms with E-state index in [4.69, 9.17) is 5.73 Å². The molecule has 0 spiro atoms. The lowest BCUT2D eigenvalue weighted by Crippen LogP contribution is -2.57. The lowest BCUT2D eigenvalue weighted by molar-refractivity contribution is -0.124. The molecule has 5 nitrogen and oxygen atoms in total. The minimum atomic E-state index is -0.621. The van der Waals surface area contributed by atoms with Crippen molar-refractivity contribution in [3.05, 3.63) is 18.5 Å². The molecule has 0 bridgehead atoms. The van der Waals surface area contributed by atoms with E-state index in [2.05, 4.69) is 15.3 Å². The molecule has 1 aromatic rings. The fourth-order valence-corrected chi connectivity index (χ4v) is 3.05. The molecule has 1 aliphatic rings. The summed E-state index contributed by atoms with van der Waals surface area (Å²) in [5, 5.41) is 3.77. The Balaban J connectivity index is 2.06. The number of carbonyl (C=O) groups excluding carboxylic acids is 1. The summed E-state index contributed by atoms with van der Waals surface area (Å²) in [7, 11) is 1.79. The van der Waals surface area contributed by atoms with E-state index in [9.17, 15) is 4.79 Å². The molecule has 1 aromatic heterocycles. The van der Waals surface area contributed by atoms with Gasteiger partial charge in [-0.25, -0.2) is 9.97 Å². The topological polar surface area (TPSA) is 80.9 Å². The number of primary amides is 1. The fraction of sp³-hybridized carbons (Fsp3) is 0.545. The molecule has 0 radical (unpaired) electrons. The SMILES string of the molecule is CNC(CSc1ncccn1)(C(N)=O)C1CC1. The molecular weight excluding hydrogens is 236 g/mol. The number of amides is 1. The smallest absolute Gasteiger partial charge is 0.238 e. The maximum atomic E-state index is 11.7. The van der Waals surface area contributed by atoms with Gasteiger partial charge in [-0.15, -0.1) is 0 Å². The van der Waals surface area contributed by atoms with Gasteiger partial charge in [-0.2, -0.15) is 0 Å². The predicted molar refractivity (Wildman–Crippen MR) is 66.5 cm³/mol. The number of hydrogen-bond acceptors (Lipinski definition) is 5. The van der Waals surface area contributed by atoms with Crippen molar-refractivity contribution < 1.29 is 4.79 Å². The van der Waals surface area contributed by atoms with Gasteiger partial charge in [-0.3, -0.25) is 4.79 Å². The molecule has 3 N–H and O–H groups in total. The monoisotopic (exact) mass is 252 g/mol. The zero-order valence-corrected chi connectivity index (χ0v) is 10.5. The van der Waals surface area contributed by atoms with Crippen LogP contribution >= 0.6 is 11.8 Å². The Hall–Kier alpha value is -1.14. The van der Waals surface area contributed by atoms with Crippen LogP contribution < -0.4 is 11.1 Å². The lowest BCUT2D eigenvalue weighted by Gasteiger charge is -2.29. The van der Waals surface area contributed by atoms with E-state index in [0.717, 1.165) is 12.8 Å². The lowest BCUT2D eigenvalue weighted by atomic mass is 9.95. The molecule has 17 heavy (non-hydrogen) atoms. The van der Waals surface area contributed by atoms with E-state index >= 15 is 0 Å². The van der Waals surface area contributed by atoms with Crippen LogP contribution in [0.15, 0.2) is 23.6 Å². The first-order chi connectivity index (χ1) is 8.19. The van der Waals surface area contributed by atoms with Gasteiger partial charge in [-0.1, -0.05) is 11.8 Å². The zero-order valence-electron chi connectivity index (χ0n) is 9.72. The third-order valence-corrected chi connectivity index (χ3v) is 4.20. The van der Waals surface area contributed by atoms with E-state index in [-0.39, 0.29) is 5.91 Å². The van der Waals surface area contributed by atoms with Crippen molar-refractivity contribution >= 4 is 17.7 Å². The van der Waals surface area contributed by atoms with Gasteiger partial charge in [0.25, 0.3) is 0 Å². The summed E-state index contributed by atoms with van der Waals surface area (Å²) in [6.45, 7) is 0. The van der Waals surface area contributed by atoms with E-state index < -0.39 is 5.54 Å². The normalized spacial score (nSPS) is 18.6. The van der Waals surface area contributed by atoms with E-state index in [1.54, 1.807) is 25.5 Å². The third-order valence-electron chi connectivity index (χ3n) is 3.13. The highest BCUT2D eigenvalue weighted by Gasteiger charge is 2.48. The molecule has 1 amide bonds. The zero-order chi connectivity index (χ0) is 12.3. The first-order valence-electron chi connectivity index (χ1n) is 5.57. The highest BCUT2D eigenvalue weighted by Crippen LogP contribution is 2.41. The molecule has 1 saturated carbocycles. The van der Waals surface area contributed by atoms with Crippen LogP contribution in [0.25, 0.3) is 0 Å². The Labute approximate surface area is 105 Å². The molecule has 1 atom stereocenters. The molecule has 92 valence electrons. The van der Waals surface area contributed by atoms with Crippen LogP contribution in [0.3, 0.4) is 0 Å². The van der Waals surface area contributed by atoms with Crippen LogP contribution in [0.1, 0.15) is 12.8 Å². The molecule has 0 aromatic carbocycles. The minimum Gasteiger partial charge on any atom is -0.368 e. The molecule has 1 heterocycles. The summed E-state index contributed by atoms with van der Waals surface area (Å²) in [5.74, 6) is 0.639. The van der Waals surface area contributed by atoms with Crippen LogP contribution in [-0.2, 0) is 4.79 Å². The number of carbonyl (C=O) groups is 1. The fourth-order valence-electron chi connectivity index (χ4n) is 1.90. The summed E-state index contributed by atoms with van der Waals surface area (Å²) in [4.78, 5) is 19.9. The Morgan fingerprint density at radius 3 is 2.71 bits per heavy atom. The Morgan fingerprint density at radius 1 is 1.59 bits per heavy atom. The van der Waals surface area contributed by atoms with Crippen molar-refractivity contribution in [1.29, 1.82) is 0 Å². The average Bonchev–Trinajstić information content (AvgIpc) is 3.16. The van der Waals surface area contributed by atoms with Crippen LogP contribution in [-0.4, -0.2) is 34.2 Å². The molecular formula is C11H16N4OS. The van der Waals surface area contributed by atoms with Gasteiger partial charge in [0.2, 0.25) is 5.91 Å². The average molecular weight is 252 g/mol. The van der Waals surface area contributed by atoms with Crippen LogP contribution in [0.2, 0.25) is 0 Å². The standard InChI is InChI=1S/C11H16N4OS/c1-13-11(9(12)16,8-3-4-8)7-17-10-14-5-2-6-15-10/h2,5-6,8,13H,3-4,7H2,1H3,(H2,12,16). The van der Waals surface area contributed by atoms with Crippen molar-refractivity contribution in [3.8, 4) is 0 Å². The second-order valence-corrected chi connectivity index (χ2v) is 5.12. The minimum absolute atomic E-state index is 0.286. The first kappa shape index (κ1) is 12.3. The second kappa shape index (κ2) is 5.01. The molecule has 1 unspecified atom stereocenters. The van der Waals surface area contributed by atoms with Gasteiger partial charge in [0.05, 0.1) is 0 Å². The maximum absolute atomic E-state index is 11.7. The third kappa shape index (κ3) is 2.58. The van der Waals surface area contributed by atoms with E-state index in [1.165, 1.54) is 11.8 Å². The number of nitrogens with two attached hydrogens (primary N) is 1. The maximum Gasteiger partial charge on any atom is 0.238 e. The highest BCUT2D eigenvalue weighted by atomic mass is 32.2. The van der Waals surface area contributed by atoms with Gasteiger partial charge in [0, 0.05) is 18.1 Å². The Bertz CT molecular complexity index is 396. The van der Waals surface area contributed by atoms with Gasteiger partial charge in [0.15, 0.2) is 5.16 Å². The number of hydrogen-bond donors (Lipinski definition) is 2. The van der Waals surface area contributed by atoms with E-state index in [0.29, 0.717) is 16.8 Å². The summed E-state index contributed by atoms with van der Waals surface area (Å²) in [5.41, 5.74) is 4.91. The Kier molecular flexibility index (Phi) is 3.63. The largest absolute Gasteiger partial charge is 0.368 e. The molecule has 0 aliphatic heterocycles. The molecule has 6 heteroatoms. The number of aromatic nitrogens is 2. The Morgan fingerprint density at radius 2 is 2.24 bits per heavy atom. The molecule has 0 saturated heterocycles. The van der Waals surface area contributed by atoms with Crippen LogP contribution in [0.4, 0.5) is 0 Å². The van der Waals surface area contributed by atoms with Gasteiger partial charge in [0.1, 0.15) is 5.54 Å². The van der Waals surface area contributed by atoms with Crippen molar-refractivity contribution in [2.45, 2.75) is 23.5 Å². The summed E-state index contributed by atoms with van der Waals surface area (Å²) in [6.07, 6.45) is 5.50. The van der Waals surface area contributed by atoms with Crippen molar-refractivity contribution in [3.63, 3.8) is 0 Å². The number of rotatable bonds is 6. The second-order valence-electron chi connectivity index (χ2n) is 4.18. The van der Waals surface area contributed by atoms with Crippen molar-refractivity contribution in [2.24, 2.45) is 11.7 Å². The van der Waals surface area contributed by atoms with Crippen LogP contribution in [0.5, 0.6) is 0 Å². The highest BCUT2D eigenvalue weighted by molar-refractivity contribution is 7.99. The summed E-state index contributed by atoms with van der Waals surface area (Å²) in [6, 6.07) is 1.77. The number of nitrogens with one attached hydrogen (secondary N) is 1. The molecule has 2 rings (SSSR count). The van der Waals surface area contributed by atoms with Gasteiger partial charge >= 0.3 is 0 Å². The van der Waals surface area contributed by atoms with Crippen molar-refractivity contribution in [1.82, 2.24) is 15.3 Å². The summed E-state index contributed by atoms with van der Waals surface area (Å²) >= 11 is 1.46. The first-order valence-corrected chi connectivity index (χ1v) is 6.56. The van der Waals surface area contributed by atoms with Crippen molar-refractivity contribution in [2.75, 3.05) is 12.8 Å². The van der Waals surface area contributed by atoms with Gasteiger partial charge < -0.3 is 11.1 Å².